The van der Waals surface area contributed by atoms with Gasteiger partial charge in [-0.3, -0.25) is 9.88 Å². The molecule has 3 heterocycles. The number of aromatic nitrogens is 2. The molecule has 4 rings (SSSR count). The fraction of sp³-hybridized carbons (Fsp3) is 0.529. The first kappa shape index (κ1) is 31.8. The van der Waals surface area contributed by atoms with Gasteiger partial charge in [-0.2, -0.15) is 0 Å². The molecule has 0 N–H and O–H groups in total. The molecular formula is C34H48N4O3Si. The summed E-state index contributed by atoms with van der Waals surface area (Å²) in [5.74, 6) is 0. The molecule has 42 heavy (non-hydrogen) atoms. The minimum Gasteiger partial charge on any atom is -0.444 e. The normalized spacial score (nSPS) is 16.6. The largest absolute Gasteiger partial charge is 0.444 e. The summed E-state index contributed by atoms with van der Waals surface area (Å²) < 4.78 is 14.8. The summed E-state index contributed by atoms with van der Waals surface area (Å²) in [6.07, 6.45) is 1.57. The summed E-state index contributed by atoms with van der Waals surface area (Å²) in [4.78, 5) is 22.7. The molecule has 1 fully saturated rings. The minimum atomic E-state index is -0.599. The zero-order chi connectivity index (χ0) is 31.0. The van der Waals surface area contributed by atoms with Gasteiger partial charge in [-0.1, -0.05) is 32.9 Å². The molecule has 1 aromatic carbocycles. The number of carbonyl (C=O) groups is 1. The van der Waals surface area contributed by atoms with Gasteiger partial charge in [0, 0.05) is 42.8 Å². The second-order valence-corrected chi connectivity index (χ2v) is 15.9. The van der Waals surface area contributed by atoms with Crippen LogP contribution in [0.5, 0.6) is 0 Å². The van der Waals surface area contributed by atoms with Gasteiger partial charge in [0.1, 0.15) is 5.60 Å². The molecule has 226 valence electrons. The molecule has 1 aliphatic rings. The standard InChI is InChI=1S/C34H48N4O3Si/c1-23-14-17-26(28(21-23)38-24(2)15-16-25(38)3)30-27(13-12-18-35-30)36-19-20-37(31(39)40-32(4,5)6)29(22-36)34(10,11)41-42-33(7,8)9/h12-18,21,29H,19-20,22H2,1-11H3/t29-/m1/s1. The lowest BCUT2D eigenvalue weighted by Gasteiger charge is -2.49. The number of anilines is 1. The number of nitrogens with zero attached hydrogens (tertiary/aromatic N) is 4. The Kier molecular flexibility index (Phi) is 9.00. The van der Waals surface area contributed by atoms with Crippen LogP contribution in [0, 0.1) is 20.8 Å². The molecule has 1 atom stereocenters. The fourth-order valence-corrected chi connectivity index (χ4v) is 6.13. The fourth-order valence-electron chi connectivity index (χ4n) is 5.42. The molecule has 3 aromatic rings. The van der Waals surface area contributed by atoms with Gasteiger partial charge in [-0.25, -0.2) is 4.79 Å². The Hall–Kier alpha value is -3.10. The number of hydrogen-bond acceptors (Lipinski definition) is 5. The smallest absolute Gasteiger partial charge is 0.410 e. The first-order valence-electron chi connectivity index (χ1n) is 14.9. The van der Waals surface area contributed by atoms with Crippen LogP contribution in [-0.2, 0) is 9.16 Å². The van der Waals surface area contributed by atoms with Crippen molar-refractivity contribution in [1.82, 2.24) is 14.5 Å². The summed E-state index contributed by atoms with van der Waals surface area (Å²) in [6.45, 7) is 24.6. The molecule has 0 unspecified atom stereocenters. The van der Waals surface area contributed by atoms with Crippen molar-refractivity contribution in [1.29, 1.82) is 0 Å². The van der Waals surface area contributed by atoms with Crippen LogP contribution in [0.15, 0.2) is 48.7 Å². The number of rotatable bonds is 6. The number of amides is 1. The predicted molar refractivity (Wildman–Crippen MR) is 173 cm³/mol. The van der Waals surface area contributed by atoms with Crippen LogP contribution < -0.4 is 4.90 Å². The van der Waals surface area contributed by atoms with Crippen molar-refractivity contribution < 1.29 is 14.0 Å². The first-order chi connectivity index (χ1) is 19.5. The highest BCUT2D eigenvalue weighted by atomic mass is 28.2. The molecule has 0 spiro atoms. The Balaban J connectivity index is 1.76. The van der Waals surface area contributed by atoms with Crippen molar-refractivity contribution in [2.45, 2.75) is 98.4 Å². The molecule has 0 bridgehead atoms. The maximum atomic E-state index is 13.5. The van der Waals surface area contributed by atoms with Crippen molar-refractivity contribution >= 4 is 21.5 Å². The van der Waals surface area contributed by atoms with Crippen LogP contribution in [0.1, 0.15) is 72.3 Å². The van der Waals surface area contributed by atoms with Crippen molar-refractivity contribution in [3.8, 4) is 16.9 Å². The highest BCUT2D eigenvalue weighted by Crippen LogP contribution is 2.37. The SMILES string of the molecule is Cc1ccc(-c2ncccc2N2CCN(C(=O)OC(C)(C)C)[C@@H](C(C)(C)O[Si]C(C)(C)C)C2)c(-n2c(C)ccc2C)c1. The molecule has 0 saturated carbocycles. The van der Waals surface area contributed by atoms with E-state index >= 15 is 0 Å². The Morgan fingerprint density at radius 2 is 1.57 bits per heavy atom. The van der Waals surface area contributed by atoms with Gasteiger partial charge in [0.2, 0.25) is 9.76 Å². The van der Waals surface area contributed by atoms with E-state index in [9.17, 15) is 4.79 Å². The van der Waals surface area contributed by atoms with Gasteiger partial charge in [-0.15, -0.1) is 0 Å². The maximum absolute atomic E-state index is 13.5. The van der Waals surface area contributed by atoms with E-state index in [0.717, 1.165) is 22.6 Å². The minimum absolute atomic E-state index is 0.0233. The highest BCUT2D eigenvalue weighted by Gasteiger charge is 2.43. The van der Waals surface area contributed by atoms with E-state index in [1.54, 1.807) is 0 Å². The molecule has 0 aliphatic carbocycles. The lowest BCUT2D eigenvalue weighted by atomic mass is 9.94. The van der Waals surface area contributed by atoms with Gasteiger partial charge >= 0.3 is 6.09 Å². The maximum Gasteiger partial charge on any atom is 0.410 e. The van der Waals surface area contributed by atoms with Gasteiger partial charge < -0.3 is 18.6 Å². The number of piperazine rings is 1. The lowest BCUT2D eigenvalue weighted by molar-refractivity contribution is -0.0296. The Morgan fingerprint density at radius 3 is 2.19 bits per heavy atom. The Bertz CT molecular complexity index is 1400. The summed E-state index contributed by atoms with van der Waals surface area (Å²) >= 11 is 0. The molecule has 1 saturated heterocycles. The van der Waals surface area contributed by atoms with Crippen molar-refractivity contribution in [3.05, 3.63) is 65.6 Å². The van der Waals surface area contributed by atoms with Crippen molar-refractivity contribution in [3.63, 3.8) is 0 Å². The summed E-state index contributed by atoms with van der Waals surface area (Å²) in [5.41, 5.74) is 6.56. The van der Waals surface area contributed by atoms with Crippen LogP contribution in [0.4, 0.5) is 10.5 Å². The van der Waals surface area contributed by atoms with E-state index in [0.29, 0.717) is 29.4 Å². The number of carbonyl (C=O) groups excluding carboxylic acids is 1. The zero-order valence-electron chi connectivity index (χ0n) is 27.3. The number of ether oxygens (including phenoxy) is 1. The molecule has 7 nitrogen and oxygen atoms in total. The molecule has 1 amide bonds. The third kappa shape index (κ3) is 7.27. The second-order valence-electron chi connectivity index (χ2n) is 14.0. The molecular weight excluding hydrogens is 540 g/mol. The first-order valence-corrected chi connectivity index (χ1v) is 15.8. The number of pyridine rings is 1. The highest BCUT2D eigenvalue weighted by molar-refractivity contribution is 6.31. The van der Waals surface area contributed by atoms with E-state index in [4.69, 9.17) is 14.1 Å². The van der Waals surface area contributed by atoms with Crippen LogP contribution in [0.3, 0.4) is 0 Å². The van der Waals surface area contributed by atoms with E-state index in [1.807, 2.05) is 37.9 Å². The van der Waals surface area contributed by atoms with E-state index in [1.165, 1.54) is 17.0 Å². The topological polar surface area (TPSA) is 59.8 Å². The van der Waals surface area contributed by atoms with Crippen LogP contribution >= 0.6 is 0 Å². The Morgan fingerprint density at radius 1 is 0.905 bits per heavy atom. The number of hydrogen-bond donors (Lipinski definition) is 0. The monoisotopic (exact) mass is 588 g/mol. The van der Waals surface area contributed by atoms with Gasteiger partial charge in [0.05, 0.1) is 28.7 Å². The second kappa shape index (κ2) is 11.9. The molecule has 2 aromatic heterocycles. The summed E-state index contributed by atoms with van der Waals surface area (Å²) in [5, 5.41) is 0.0233. The average Bonchev–Trinajstić information content (AvgIpc) is 3.23. The van der Waals surface area contributed by atoms with E-state index in [-0.39, 0.29) is 17.2 Å². The molecule has 2 radical (unpaired) electrons. The Labute approximate surface area is 255 Å². The van der Waals surface area contributed by atoms with Gasteiger partial charge in [0.25, 0.3) is 0 Å². The van der Waals surface area contributed by atoms with Crippen molar-refractivity contribution in [2.24, 2.45) is 0 Å². The van der Waals surface area contributed by atoms with Crippen molar-refractivity contribution in [2.75, 3.05) is 24.5 Å². The van der Waals surface area contributed by atoms with Gasteiger partial charge in [-0.05, 0) is 96.3 Å². The third-order valence-electron chi connectivity index (χ3n) is 7.48. The van der Waals surface area contributed by atoms with Crippen LogP contribution in [0.25, 0.3) is 16.9 Å². The number of benzene rings is 1. The van der Waals surface area contributed by atoms with Crippen LogP contribution in [0.2, 0.25) is 5.04 Å². The van der Waals surface area contributed by atoms with E-state index in [2.05, 4.69) is 101 Å². The van der Waals surface area contributed by atoms with E-state index < -0.39 is 11.2 Å². The average molecular weight is 589 g/mol. The number of aryl methyl sites for hydroxylation is 3. The van der Waals surface area contributed by atoms with Gasteiger partial charge in [0.15, 0.2) is 0 Å². The lowest BCUT2D eigenvalue weighted by Crippen LogP contribution is -2.64. The third-order valence-corrected chi connectivity index (χ3v) is 8.72. The summed E-state index contributed by atoms with van der Waals surface area (Å²) in [7, 11) is 0.293. The quantitative estimate of drug-likeness (QED) is 0.279. The predicted octanol–water partition coefficient (Wildman–Crippen LogP) is 7.52. The zero-order valence-corrected chi connectivity index (χ0v) is 28.3. The summed E-state index contributed by atoms with van der Waals surface area (Å²) in [6, 6.07) is 14.8. The molecule has 1 aliphatic heterocycles. The molecule has 8 heteroatoms. The van der Waals surface area contributed by atoms with Crippen LogP contribution in [-0.4, -0.2) is 67.2 Å².